The van der Waals surface area contributed by atoms with Gasteiger partial charge in [0.15, 0.2) is 0 Å². The number of aliphatic hydroxyl groups excluding tert-OH is 2. The molecule has 0 heterocycles. The zero-order valence-corrected chi connectivity index (χ0v) is 16.7. The Morgan fingerprint density at radius 1 is 1.22 bits per heavy atom. The quantitative estimate of drug-likeness (QED) is 0.480. The van der Waals surface area contributed by atoms with E-state index in [-0.39, 0.29) is 13.2 Å². The van der Waals surface area contributed by atoms with Crippen molar-refractivity contribution >= 4 is 23.5 Å². The van der Waals surface area contributed by atoms with Crippen LogP contribution < -0.4 is 4.74 Å². The number of rotatable bonds is 8. The van der Waals surface area contributed by atoms with Crippen molar-refractivity contribution in [3.05, 3.63) is 28.3 Å². The molecule has 0 saturated heterocycles. The van der Waals surface area contributed by atoms with Gasteiger partial charge < -0.3 is 30.1 Å². The molecule has 27 heavy (non-hydrogen) atoms. The molecule has 0 aromatic heterocycles. The van der Waals surface area contributed by atoms with Crippen LogP contribution in [0.5, 0.6) is 5.75 Å². The topological polar surface area (TPSA) is 128 Å². The standard InChI is InChI=1S/C16H26ClNO3.C2H2O4/c1-11(2)14-8-15(17)12(3)7-16(14)21-10-13(20)9-18(4)5-6-19;3-1(4)2(5)6/h7-8,11,13,19-20H,5-6,9-10H2,1-4H3;(H,3,4)(H,5,6). The largest absolute Gasteiger partial charge is 0.491 e. The van der Waals surface area contributed by atoms with Gasteiger partial charge in [-0.1, -0.05) is 25.4 Å². The van der Waals surface area contributed by atoms with E-state index in [4.69, 9.17) is 41.2 Å². The molecule has 0 aliphatic rings. The van der Waals surface area contributed by atoms with Crippen LogP contribution in [0.15, 0.2) is 12.1 Å². The van der Waals surface area contributed by atoms with E-state index >= 15 is 0 Å². The van der Waals surface area contributed by atoms with Crippen LogP contribution in [0, 0.1) is 6.92 Å². The molecule has 0 amide bonds. The Morgan fingerprint density at radius 2 is 1.78 bits per heavy atom. The molecule has 9 heteroatoms. The second-order valence-corrected chi connectivity index (χ2v) is 6.76. The van der Waals surface area contributed by atoms with Gasteiger partial charge in [0.2, 0.25) is 0 Å². The van der Waals surface area contributed by atoms with Crippen LogP contribution >= 0.6 is 11.6 Å². The van der Waals surface area contributed by atoms with Gasteiger partial charge in [0, 0.05) is 18.1 Å². The molecule has 8 nitrogen and oxygen atoms in total. The first-order valence-corrected chi connectivity index (χ1v) is 8.73. The maximum absolute atomic E-state index is 9.99. The third kappa shape index (κ3) is 10.1. The molecular formula is C18H28ClNO7. The van der Waals surface area contributed by atoms with Crippen molar-refractivity contribution in [2.75, 3.05) is 33.4 Å². The number of hydrogen-bond acceptors (Lipinski definition) is 6. The Morgan fingerprint density at radius 3 is 2.22 bits per heavy atom. The molecule has 4 N–H and O–H groups in total. The zero-order chi connectivity index (χ0) is 21.1. The van der Waals surface area contributed by atoms with Crippen molar-refractivity contribution < 1.29 is 34.8 Å². The molecular weight excluding hydrogens is 378 g/mol. The molecule has 0 aliphatic carbocycles. The Hall–Kier alpha value is -1.87. The van der Waals surface area contributed by atoms with Gasteiger partial charge in [0.25, 0.3) is 0 Å². The Balaban J connectivity index is 0.000000972. The molecule has 1 unspecified atom stereocenters. The number of aliphatic carboxylic acids is 2. The number of aliphatic hydroxyl groups is 2. The average molecular weight is 406 g/mol. The second-order valence-electron chi connectivity index (χ2n) is 6.35. The molecule has 1 aromatic carbocycles. The summed E-state index contributed by atoms with van der Waals surface area (Å²) in [7, 11) is 1.85. The molecule has 1 rings (SSSR count). The number of aryl methyl sites for hydroxylation is 1. The van der Waals surface area contributed by atoms with Gasteiger partial charge >= 0.3 is 11.9 Å². The van der Waals surface area contributed by atoms with Gasteiger partial charge in [-0.05, 0) is 43.1 Å². The highest BCUT2D eigenvalue weighted by Gasteiger charge is 2.14. The van der Waals surface area contributed by atoms with Crippen LogP contribution in [-0.4, -0.2) is 76.7 Å². The predicted octanol–water partition coefficient (Wildman–Crippen LogP) is 1.59. The maximum Gasteiger partial charge on any atom is 0.414 e. The van der Waals surface area contributed by atoms with Crippen LogP contribution in [0.1, 0.15) is 30.9 Å². The predicted molar refractivity (Wildman–Crippen MR) is 102 cm³/mol. The second kappa shape index (κ2) is 12.5. The van der Waals surface area contributed by atoms with Crippen LogP contribution in [0.4, 0.5) is 0 Å². The molecule has 0 radical (unpaired) electrons. The van der Waals surface area contributed by atoms with E-state index in [0.717, 1.165) is 21.9 Å². The minimum atomic E-state index is -1.82. The summed E-state index contributed by atoms with van der Waals surface area (Å²) in [6, 6.07) is 3.85. The van der Waals surface area contributed by atoms with Crippen LogP contribution in [0.25, 0.3) is 0 Å². The summed E-state index contributed by atoms with van der Waals surface area (Å²) in [6.07, 6.45) is -0.599. The summed E-state index contributed by atoms with van der Waals surface area (Å²) >= 11 is 6.16. The molecule has 0 fully saturated rings. The highest BCUT2D eigenvalue weighted by Crippen LogP contribution is 2.32. The van der Waals surface area contributed by atoms with E-state index in [9.17, 15) is 5.11 Å². The van der Waals surface area contributed by atoms with E-state index in [0.29, 0.717) is 19.0 Å². The molecule has 0 bridgehead atoms. The number of carboxylic acids is 2. The fourth-order valence-corrected chi connectivity index (χ4v) is 2.28. The SMILES string of the molecule is Cc1cc(OCC(O)CN(C)CCO)c(C(C)C)cc1Cl.O=C(O)C(=O)O. The smallest absolute Gasteiger partial charge is 0.414 e. The Kier molecular flexibility index (Phi) is 11.6. The Bertz CT molecular complexity index is 610. The third-order valence-corrected chi connectivity index (χ3v) is 3.94. The number of carboxylic acid groups (broad SMARTS) is 2. The molecule has 0 saturated carbocycles. The van der Waals surface area contributed by atoms with Crippen molar-refractivity contribution in [1.82, 2.24) is 4.90 Å². The summed E-state index contributed by atoms with van der Waals surface area (Å²) in [4.78, 5) is 20.1. The molecule has 1 atom stereocenters. The van der Waals surface area contributed by atoms with Crippen molar-refractivity contribution in [3.63, 3.8) is 0 Å². The average Bonchev–Trinajstić information content (AvgIpc) is 2.55. The van der Waals surface area contributed by atoms with Crippen molar-refractivity contribution in [1.29, 1.82) is 0 Å². The fourth-order valence-electron chi connectivity index (χ4n) is 2.11. The summed E-state index contributed by atoms with van der Waals surface area (Å²) in [5, 5.41) is 34.3. The lowest BCUT2D eigenvalue weighted by molar-refractivity contribution is -0.159. The highest BCUT2D eigenvalue weighted by molar-refractivity contribution is 6.31. The van der Waals surface area contributed by atoms with E-state index in [1.807, 2.05) is 31.0 Å². The van der Waals surface area contributed by atoms with E-state index < -0.39 is 18.0 Å². The third-order valence-electron chi connectivity index (χ3n) is 3.53. The number of carbonyl (C=O) groups is 2. The van der Waals surface area contributed by atoms with Crippen LogP contribution in [0.2, 0.25) is 5.02 Å². The number of ether oxygens (including phenoxy) is 1. The number of benzene rings is 1. The van der Waals surface area contributed by atoms with Gasteiger partial charge in [0.05, 0.1) is 6.61 Å². The lowest BCUT2D eigenvalue weighted by atomic mass is 10.0. The number of likely N-dealkylation sites (N-methyl/N-ethyl adjacent to an activating group) is 1. The van der Waals surface area contributed by atoms with Gasteiger partial charge in [-0.3, -0.25) is 0 Å². The lowest BCUT2D eigenvalue weighted by Crippen LogP contribution is -2.34. The normalized spacial score (nSPS) is 11.7. The summed E-state index contributed by atoms with van der Waals surface area (Å²) in [5.41, 5.74) is 2.00. The first kappa shape index (κ1) is 25.1. The number of nitrogens with zero attached hydrogens (tertiary/aromatic N) is 1. The summed E-state index contributed by atoms with van der Waals surface area (Å²) < 4.78 is 5.78. The molecule has 1 aromatic rings. The summed E-state index contributed by atoms with van der Waals surface area (Å²) in [5.74, 6) is -2.58. The molecule has 154 valence electrons. The lowest BCUT2D eigenvalue weighted by Gasteiger charge is -2.21. The van der Waals surface area contributed by atoms with E-state index in [1.54, 1.807) is 0 Å². The molecule has 0 spiro atoms. The highest BCUT2D eigenvalue weighted by atomic mass is 35.5. The minimum Gasteiger partial charge on any atom is -0.491 e. The Labute approximate surface area is 163 Å². The van der Waals surface area contributed by atoms with Crippen molar-refractivity contribution in [2.45, 2.75) is 32.8 Å². The minimum absolute atomic E-state index is 0.0813. The van der Waals surface area contributed by atoms with E-state index in [2.05, 4.69) is 13.8 Å². The van der Waals surface area contributed by atoms with Gasteiger partial charge in [-0.2, -0.15) is 0 Å². The summed E-state index contributed by atoms with van der Waals surface area (Å²) in [6.45, 7) is 7.40. The van der Waals surface area contributed by atoms with E-state index in [1.165, 1.54) is 0 Å². The fraction of sp³-hybridized carbons (Fsp3) is 0.556. The van der Waals surface area contributed by atoms with Gasteiger partial charge in [-0.25, -0.2) is 9.59 Å². The maximum atomic E-state index is 9.99. The monoisotopic (exact) mass is 405 g/mol. The first-order valence-electron chi connectivity index (χ1n) is 8.36. The van der Waals surface area contributed by atoms with Crippen LogP contribution in [-0.2, 0) is 9.59 Å². The van der Waals surface area contributed by atoms with Crippen LogP contribution in [0.3, 0.4) is 0 Å². The van der Waals surface area contributed by atoms with Gasteiger partial charge in [0.1, 0.15) is 18.5 Å². The zero-order valence-electron chi connectivity index (χ0n) is 16.0. The first-order chi connectivity index (χ1) is 12.5. The molecule has 0 aliphatic heterocycles. The van der Waals surface area contributed by atoms with Crippen molar-refractivity contribution in [2.24, 2.45) is 0 Å². The number of halogens is 1. The van der Waals surface area contributed by atoms with Crippen molar-refractivity contribution in [3.8, 4) is 5.75 Å². The van der Waals surface area contributed by atoms with Gasteiger partial charge in [-0.15, -0.1) is 0 Å². The number of hydrogen-bond donors (Lipinski definition) is 4.